The maximum Gasteiger partial charge on any atom is 0.132 e. The summed E-state index contributed by atoms with van der Waals surface area (Å²) in [7, 11) is 0. The summed E-state index contributed by atoms with van der Waals surface area (Å²) in [5.41, 5.74) is 3.22. The summed E-state index contributed by atoms with van der Waals surface area (Å²) in [5, 5.41) is 3.13. The number of imidazole rings is 1. The molecule has 0 amide bonds. The molecule has 4 rings (SSSR count). The van der Waals surface area contributed by atoms with Crippen molar-refractivity contribution in [2.45, 2.75) is 6.61 Å². The Labute approximate surface area is 146 Å². The molecule has 23 heavy (non-hydrogen) atoms. The number of fused-ring (bicyclic) bond motifs is 1. The molecule has 0 fully saturated rings. The minimum Gasteiger partial charge on any atom is -0.488 e. The Morgan fingerprint density at radius 3 is 2.83 bits per heavy atom. The van der Waals surface area contributed by atoms with E-state index in [0.717, 1.165) is 31.8 Å². The quantitative estimate of drug-likeness (QED) is 0.469. The van der Waals surface area contributed by atoms with Gasteiger partial charge in [0.15, 0.2) is 0 Å². The maximum atomic E-state index is 5.87. The van der Waals surface area contributed by atoms with Crippen molar-refractivity contribution in [1.82, 2.24) is 9.55 Å². The molecule has 0 unspecified atom stereocenters. The van der Waals surface area contributed by atoms with Crippen LogP contribution >= 0.6 is 27.3 Å². The second-order valence-corrected chi connectivity index (χ2v) is 6.95. The van der Waals surface area contributed by atoms with Crippen LogP contribution in [0.1, 0.15) is 5.56 Å². The summed E-state index contributed by atoms with van der Waals surface area (Å²) in [4.78, 5) is 4.46. The van der Waals surface area contributed by atoms with Gasteiger partial charge in [-0.3, -0.25) is 4.57 Å². The van der Waals surface area contributed by atoms with Gasteiger partial charge in [0.05, 0.1) is 11.0 Å². The average molecular weight is 385 g/mol. The van der Waals surface area contributed by atoms with Crippen molar-refractivity contribution < 1.29 is 4.74 Å². The Morgan fingerprint density at radius 2 is 1.96 bits per heavy atom. The molecule has 0 radical (unpaired) electrons. The van der Waals surface area contributed by atoms with Gasteiger partial charge in [-0.15, -0.1) is 11.3 Å². The van der Waals surface area contributed by atoms with E-state index in [1.807, 2.05) is 42.0 Å². The second-order valence-electron chi connectivity index (χ2n) is 5.14. The molecule has 0 N–H and O–H groups in total. The van der Waals surface area contributed by atoms with Gasteiger partial charge in [0.1, 0.15) is 23.7 Å². The number of hydrogen-bond donors (Lipinski definition) is 0. The topological polar surface area (TPSA) is 27.1 Å². The molecule has 0 saturated carbocycles. The predicted molar refractivity (Wildman–Crippen MR) is 97.4 cm³/mol. The zero-order chi connectivity index (χ0) is 15.6. The van der Waals surface area contributed by atoms with Crippen molar-refractivity contribution in [2.24, 2.45) is 0 Å². The summed E-state index contributed by atoms with van der Waals surface area (Å²) in [6.45, 7) is 0.578. The fraction of sp³-hybridized carbons (Fsp3) is 0.0556. The van der Waals surface area contributed by atoms with Gasteiger partial charge in [-0.2, -0.15) is 0 Å². The molecule has 2 aromatic heterocycles. The Kier molecular flexibility index (Phi) is 3.89. The Morgan fingerprint density at radius 1 is 1.09 bits per heavy atom. The first kappa shape index (κ1) is 14.5. The molecule has 0 saturated heterocycles. The molecule has 2 aromatic carbocycles. The monoisotopic (exact) mass is 384 g/mol. The number of nitrogens with zero attached hydrogens (tertiary/aromatic N) is 2. The van der Waals surface area contributed by atoms with Crippen LogP contribution in [-0.2, 0) is 6.61 Å². The molecule has 3 nitrogen and oxygen atoms in total. The number of ether oxygens (including phenoxy) is 1. The summed E-state index contributed by atoms with van der Waals surface area (Å²) in [6.07, 6.45) is 1.85. The highest BCUT2D eigenvalue weighted by Crippen LogP contribution is 2.29. The van der Waals surface area contributed by atoms with Gasteiger partial charge in [0.2, 0.25) is 0 Å². The molecule has 5 heteroatoms. The zero-order valence-corrected chi connectivity index (χ0v) is 14.5. The molecule has 2 heterocycles. The van der Waals surface area contributed by atoms with Gasteiger partial charge < -0.3 is 4.74 Å². The Hall–Kier alpha value is -2.11. The molecule has 0 aliphatic heterocycles. The Balaban J connectivity index is 1.57. The number of hydrogen-bond acceptors (Lipinski definition) is 3. The lowest BCUT2D eigenvalue weighted by Gasteiger charge is -2.03. The largest absolute Gasteiger partial charge is 0.488 e. The van der Waals surface area contributed by atoms with Gasteiger partial charge >= 0.3 is 0 Å². The minimum atomic E-state index is 0.578. The summed E-state index contributed by atoms with van der Waals surface area (Å²) < 4.78 is 8.99. The van der Waals surface area contributed by atoms with Crippen LogP contribution in [0, 0.1) is 0 Å². The molecule has 0 aliphatic rings. The molecule has 0 spiro atoms. The Bertz CT molecular complexity index is 946. The van der Waals surface area contributed by atoms with E-state index in [9.17, 15) is 0 Å². The van der Waals surface area contributed by atoms with E-state index < -0.39 is 0 Å². The number of thiophene rings is 1. The average Bonchev–Trinajstić information content (AvgIpc) is 3.20. The first-order chi connectivity index (χ1) is 11.3. The number of benzene rings is 2. The highest BCUT2D eigenvalue weighted by atomic mass is 79.9. The molecule has 0 atom stereocenters. The van der Waals surface area contributed by atoms with Crippen molar-refractivity contribution in [3.63, 3.8) is 0 Å². The van der Waals surface area contributed by atoms with Crippen molar-refractivity contribution in [2.75, 3.05) is 0 Å². The lowest BCUT2D eigenvalue weighted by Crippen LogP contribution is -1.93. The first-order valence-electron chi connectivity index (χ1n) is 7.18. The van der Waals surface area contributed by atoms with Crippen molar-refractivity contribution >= 4 is 38.3 Å². The van der Waals surface area contributed by atoms with Crippen LogP contribution < -0.4 is 4.74 Å². The van der Waals surface area contributed by atoms with Crippen LogP contribution in [0.5, 0.6) is 5.75 Å². The molecule has 0 aliphatic carbocycles. The van der Waals surface area contributed by atoms with E-state index in [1.165, 1.54) is 0 Å². The lowest BCUT2D eigenvalue weighted by atomic mass is 10.2. The highest BCUT2D eigenvalue weighted by Gasteiger charge is 2.08. The highest BCUT2D eigenvalue weighted by molar-refractivity contribution is 9.10. The van der Waals surface area contributed by atoms with Gasteiger partial charge in [-0.25, -0.2) is 4.98 Å². The van der Waals surface area contributed by atoms with E-state index >= 15 is 0 Å². The van der Waals surface area contributed by atoms with Gasteiger partial charge in [0.25, 0.3) is 0 Å². The van der Waals surface area contributed by atoms with Crippen LogP contribution in [0.4, 0.5) is 0 Å². The SMILES string of the molecule is Brc1ccc2c(c1)ncn2-c1cc(OCc2ccccc2)cs1. The summed E-state index contributed by atoms with van der Waals surface area (Å²) >= 11 is 5.13. The van der Waals surface area contributed by atoms with Crippen LogP contribution in [0.2, 0.25) is 0 Å². The molecule has 4 aromatic rings. The summed E-state index contributed by atoms with van der Waals surface area (Å²) in [6, 6.07) is 18.3. The van der Waals surface area contributed by atoms with Crippen molar-refractivity contribution in [3.8, 4) is 10.8 Å². The standard InChI is InChI=1S/C18H13BrN2OS/c19-14-6-7-17-16(8-14)20-12-21(17)18-9-15(11-23-18)22-10-13-4-2-1-3-5-13/h1-9,11-12H,10H2. The fourth-order valence-corrected chi connectivity index (χ4v) is 3.58. The first-order valence-corrected chi connectivity index (χ1v) is 8.85. The van der Waals surface area contributed by atoms with Crippen molar-refractivity contribution in [1.29, 1.82) is 0 Å². The van der Waals surface area contributed by atoms with E-state index in [-0.39, 0.29) is 0 Å². The van der Waals surface area contributed by atoms with Crippen molar-refractivity contribution in [3.05, 3.63) is 76.3 Å². The van der Waals surface area contributed by atoms with Gasteiger partial charge in [0, 0.05) is 15.9 Å². The van der Waals surface area contributed by atoms with Gasteiger partial charge in [-0.1, -0.05) is 46.3 Å². The number of rotatable bonds is 4. The van der Waals surface area contributed by atoms with Crippen LogP contribution in [0.25, 0.3) is 16.0 Å². The number of halogens is 1. The lowest BCUT2D eigenvalue weighted by molar-refractivity contribution is 0.307. The fourth-order valence-electron chi connectivity index (χ4n) is 2.41. The normalized spacial score (nSPS) is 11.0. The third-order valence-electron chi connectivity index (χ3n) is 3.56. The third-order valence-corrected chi connectivity index (χ3v) is 4.96. The van der Waals surface area contributed by atoms with E-state index in [4.69, 9.17) is 4.74 Å². The van der Waals surface area contributed by atoms with Crippen LogP contribution in [0.15, 0.2) is 70.8 Å². The van der Waals surface area contributed by atoms with Gasteiger partial charge in [-0.05, 0) is 23.8 Å². The van der Waals surface area contributed by atoms with Crippen LogP contribution in [0.3, 0.4) is 0 Å². The van der Waals surface area contributed by atoms with E-state index in [0.29, 0.717) is 6.61 Å². The van der Waals surface area contributed by atoms with Crippen LogP contribution in [-0.4, -0.2) is 9.55 Å². The maximum absolute atomic E-state index is 5.87. The van der Waals surface area contributed by atoms with E-state index in [2.05, 4.69) is 49.7 Å². The summed E-state index contributed by atoms with van der Waals surface area (Å²) in [5.74, 6) is 0.882. The zero-order valence-electron chi connectivity index (χ0n) is 12.1. The van der Waals surface area contributed by atoms with E-state index in [1.54, 1.807) is 11.3 Å². The second kappa shape index (κ2) is 6.18. The molecule has 114 valence electrons. The molecule has 0 bridgehead atoms. The third kappa shape index (κ3) is 3.02. The molecular formula is C18H13BrN2OS. The molecular weight excluding hydrogens is 372 g/mol. The smallest absolute Gasteiger partial charge is 0.132 e. The predicted octanol–water partition coefficient (Wildman–Crippen LogP) is 5.43. The minimum absolute atomic E-state index is 0.578. The number of aromatic nitrogens is 2.